The smallest absolute Gasteiger partial charge is 0.243 e. The molecule has 0 saturated carbocycles. The molecule has 31 heavy (non-hydrogen) atoms. The lowest BCUT2D eigenvalue weighted by molar-refractivity contribution is -0.139. The Morgan fingerprint density at radius 3 is 1.97 bits per heavy atom. The van der Waals surface area contributed by atoms with Gasteiger partial charge in [-0.05, 0) is 44.7 Å². The number of amides is 2. The van der Waals surface area contributed by atoms with E-state index < -0.39 is 6.04 Å². The van der Waals surface area contributed by atoms with Gasteiger partial charge in [0.25, 0.3) is 0 Å². The van der Waals surface area contributed by atoms with Crippen LogP contribution < -0.4 is 5.32 Å². The van der Waals surface area contributed by atoms with E-state index in [2.05, 4.69) is 36.5 Å². The Morgan fingerprint density at radius 2 is 1.45 bits per heavy atom. The summed E-state index contributed by atoms with van der Waals surface area (Å²) in [7, 11) is 0. The lowest BCUT2D eigenvalue weighted by Crippen LogP contribution is -2.51. The number of hydrogen-bond donors (Lipinski definition) is 1. The van der Waals surface area contributed by atoms with Crippen molar-refractivity contribution in [2.45, 2.75) is 71.8 Å². The zero-order valence-corrected chi connectivity index (χ0v) is 20.3. The van der Waals surface area contributed by atoms with Gasteiger partial charge in [0, 0.05) is 18.3 Å². The number of carbonyl (C=O) groups excluding carboxylic acids is 2. The maximum Gasteiger partial charge on any atom is 0.243 e. The van der Waals surface area contributed by atoms with E-state index in [0.29, 0.717) is 18.7 Å². The Labute approximate surface area is 191 Å². The van der Waals surface area contributed by atoms with Gasteiger partial charge in [0.15, 0.2) is 0 Å². The van der Waals surface area contributed by atoms with E-state index in [4.69, 9.17) is 0 Å². The van der Waals surface area contributed by atoms with Crippen LogP contribution in [0.2, 0.25) is 0 Å². The van der Waals surface area contributed by atoms with Gasteiger partial charge in [-0.2, -0.15) is 0 Å². The quantitative estimate of drug-likeness (QED) is 0.519. The molecule has 0 spiro atoms. The van der Waals surface area contributed by atoms with Gasteiger partial charge in [0.2, 0.25) is 11.8 Å². The first-order valence-electron chi connectivity index (χ1n) is 11.1. The maximum atomic E-state index is 13.2. The standard InChI is InChI=1S/C26H36N2O2S/c1-6-21(5)27-26(30)24(7-2)28(16-22-12-8-19(3)9-13-22)25(29)18-31-17-23-14-10-20(4)11-15-23/h8-15,21,24H,6-7,16-18H2,1-5H3,(H,27,30)/t21-,24+/m1/s1. The average Bonchev–Trinajstić information content (AvgIpc) is 2.76. The van der Waals surface area contributed by atoms with Crippen molar-refractivity contribution >= 4 is 23.6 Å². The zero-order valence-electron chi connectivity index (χ0n) is 19.5. The summed E-state index contributed by atoms with van der Waals surface area (Å²) in [6.45, 7) is 10.6. The van der Waals surface area contributed by atoms with Gasteiger partial charge in [0.1, 0.15) is 6.04 Å². The Bertz CT molecular complexity index is 833. The molecule has 0 fully saturated rings. The molecular formula is C26H36N2O2S. The molecule has 5 heteroatoms. The molecule has 2 atom stereocenters. The average molecular weight is 441 g/mol. The summed E-state index contributed by atoms with van der Waals surface area (Å²) in [5, 5.41) is 3.06. The third-order valence-electron chi connectivity index (χ3n) is 5.48. The number of aryl methyl sites for hydroxylation is 2. The van der Waals surface area contributed by atoms with Crippen LogP contribution in [0.3, 0.4) is 0 Å². The zero-order chi connectivity index (χ0) is 22.8. The molecule has 0 heterocycles. The molecule has 4 nitrogen and oxygen atoms in total. The molecule has 168 valence electrons. The van der Waals surface area contributed by atoms with Crippen LogP contribution >= 0.6 is 11.8 Å². The van der Waals surface area contributed by atoms with Gasteiger partial charge >= 0.3 is 0 Å². The van der Waals surface area contributed by atoms with Crippen molar-refractivity contribution in [2.24, 2.45) is 0 Å². The van der Waals surface area contributed by atoms with Crippen molar-refractivity contribution in [3.63, 3.8) is 0 Å². The molecule has 2 aromatic rings. The van der Waals surface area contributed by atoms with Crippen LogP contribution in [0, 0.1) is 13.8 Å². The minimum Gasteiger partial charge on any atom is -0.352 e. The fourth-order valence-electron chi connectivity index (χ4n) is 3.27. The molecule has 0 aliphatic rings. The van der Waals surface area contributed by atoms with Gasteiger partial charge in [0.05, 0.1) is 5.75 Å². The third kappa shape index (κ3) is 8.06. The maximum absolute atomic E-state index is 13.2. The Hall–Kier alpha value is -2.27. The highest BCUT2D eigenvalue weighted by molar-refractivity contribution is 7.99. The number of hydrogen-bond acceptors (Lipinski definition) is 3. The molecule has 1 N–H and O–H groups in total. The normalized spacial score (nSPS) is 12.8. The highest BCUT2D eigenvalue weighted by Crippen LogP contribution is 2.18. The highest BCUT2D eigenvalue weighted by Gasteiger charge is 2.29. The molecular weight excluding hydrogens is 404 g/mol. The van der Waals surface area contributed by atoms with Crippen molar-refractivity contribution in [1.82, 2.24) is 10.2 Å². The largest absolute Gasteiger partial charge is 0.352 e. The van der Waals surface area contributed by atoms with Crippen molar-refractivity contribution < 1.29 is 9.59 Å². The van der Waals surface area contributed by atoms with E-state index in [1.165, 1.54) is 16.7 Å². The Balaban J connectivity index is 2.12. The van der Waals surface area contributed by atoms with Gasteiger partial charge in [-0.1, -0.05) is 73.5 Å². The second kappa shape index (κ2) is 12.6. The highest BCUT2D eigenvalue weighted by atomic mass is 32.2. The third-order valence-corrected chi connectivity index (χ3v) is 6.46. The predicted octanol–water partition coefficient (Wildman–Crippen LogP) is 5.26. The Kier molecular flexibility index (Phi) is 10.1. The summed E-state index contributed by atoms with van der Waals surface area (Å²) in [5.74, 6) is 1.07. The van der Waals surface area contributed by atoms with E-state index in [9.17, 15) is 9.59 Å². The predicted molar refractivity (Wildman–Crippen MR) is 131 cm³/mol. The number of rotatable bonds is 11. The van der Waals surface area contributed by atoms with Gasteiger partial charge in [-0.25, -0.2) is 0 Å². The molecule has 0 unspecified atom stereocenters. The van der Waals surface area contributed by atoms with Crippen LogP contribution in [-0.2, 0) is 21.9 Å². The lowest BCUT2D eigenvalue weighted by Gasteiger charge is -2.31. The summed E-state index contributed by atoms with van der Waals surface area (Å²) in [5.41, 5.74) is 4.65. The summed E-state index contributed by atoms with van der Waals surface area (Å²) in [6, 6.07) is 16.2. The van der Waals surface area contributed by atoms with Crippen LogP contribution in [0.1, 0.15) is 55.9 Å². The molecule has 2 aromatic carbocycles. The summed E-state index contributed by atoms with van der Waals surface area (Å²) in [4.78, 5) is 27.9. The number of thioether (sulfide) groups is 1. The summed E-state index contributed by atoms with van der Waals surface area (Å²) in [6.07, 6.45) is 1.45. The molecule has 2 amide bonds. The fraction of sp³-hybridized carbons (Fsp3) is 0.462. The molecule has 0 bridgehead atoms. The molecule has 0 aliphatic carbocycles. The van der Waals surface area contributed by atoms with E-state index in [1.54, 1.807) is 16.7 Å². The van der Waals surface area contributed by atoms with Gasteiger partial charge in [-0.3, -0.25) is 9.59 Å². The van der Waals surface area contributed by atoms with Crippen molar-refractivity contribution in [1.29, 1.82) is 0 Å². The molecule has 0 aliphatic heterocycles. The monoisotopic (exact) mass is 440 g/mol. The molecule has 2 rings (SSSR count). The second-order valence-electron chi connectivity index (χ2n) is 8.23. The molecule has 0 radical (unpaired) electrons. The van der Waals surface area contributed by atoms with Crippen LogP contribution in [0.25, 0.3) is 0 Å². The Morgan fingerprint density at radius 1 is 0.903 bits per heavy atom. The number of nitrogens with one attached hydrogen (secondary N) is 1. The summed E-state index contributed by atoms with van der Waals surface area (Å²) >= 11 is 1.60. The number of benzene rings is 2. The van der Waals surface area contributed by atoms with Crippen LogP contribution in [0.5, 0.6) is 0 Å². The minimum atomic E-state index is -0.470. The van der Waals surface area contributed by atoms with Crippen LogP contribution in [0.15, 0.2) is 48.5 Å². The number of carbonyl (C=O) groups is 2. The summed E-state index contributed by atoms with van der Waals surface area (Å²) < 4.78 is 0. The first-order valence-corrected chi connectivity index (χ1v) is 12.3. The van der Waals surface area contributed by atoms with E-state index in [1.807, 2.05) is 52.0 Å². The van der Waals surface area contributed by atoms with Gasteiger partial charge in [-0.15, -0.1) is 11.8 Å². The SMILES string of the molecule is CC[C@@H](C)NC(=O)[C@H](CC)N(Cc1ccc(C)cc1)C(=O)CSCc1ccc(C)cc1. The minimum absolute atomic E-state index is 0.00355. The van der Waals surface area contributed by atoms with E-state index in [-0.39, 0.29) is 17.9 Å². The van der Waals surface area contributed by atoms with Crippen molar-refractivity contribution in [2.75, 3.05) is 5.75 Å². The van der Waals surface area contributed by atoms with Crippen LogP contribution in [0.4, 0.5) is 0 Å². The lowest BCUT2D eigenvalue weighted by atomic mass is 10.1. The van der Waals surface area contributed by atoms with Gasteiger partial charge < -0.3 is 10.2 Å². The topological polar surface area (TPSA) is 49.4 Å². The fourth-order valence-corrected chi connectivity index (χ4v) is 4.14. The van der Waals surface area contributed by atoms with Crippen LogP contribution in [-0.4, -0.2) is 34.6 Å². The first kappa shape index (κ1) is 25.0. The molecule has 0 saturated heterocycles. The first-order chi connectivity index (χ1) is 14.8. The molecule has 0 aromatic heterocycles. The van der Waals surface area contributed by atoms with E-state index in [0.717, 1.165) is 17.7 Å². The second-order valence-corrected chi connectivity index (χ2v) is 9.21. The van der Waals surface area contributed by atoms with Crippen molar-refractivity contribution in [3.05, 3.63) is 70.8 Å². The van der Waals surface area contributed by atoms with Crippen molar-refractivity contribution in [3.8, 4) is 0 Å². The van der Waals surface area contributed by atoms with E-state index >= 15 is 0 Å². The number of nitrogens with zero attached hydrogens (tertiary/aromatic N) is 1.